The van der Waals surface area contributed by atoms with Crippen LogP contribution in [-0.4, -0.2) is 30.1 Å². The van der Waals surface area contributed by atoms with Gasteiger partial charge in [0, 0.05) is 23.1 Å². The maximum Gasteiger partial charge on any atom is 0.417 e. The lowest BCUT2D eigenvalue weighted by Gasteiger charge is -2.17. The summed E-state index contributed by atoms with van der Waals surface area (Å²) in [6, 6.07) is 4.61. The Morgan fingerprint density at radius 2 is 1.87 bits per heavy atom. The van der Waals surface area contributed by atoms with Crippen molar-refractivity contribution in [2.45, 2.75) is 44.8 Å². The summed E-state index contributed by atoms with van der Waals surface area (Å²) in [4.78, 5) is 2.11. The number of nitrogens with zero attached hydrogens (tertiary/aromatic N) is 2. The number of hydrogen-bond donors (Lipinski definition) is 0. The molecular weight excluding hydrogens is 301 g/mol. The molecule has 2 nitrogen and oxygen atoms in total. The van der Waals surface area contributed by atoms with Crippen molar-refractivity contribution in [2.24, 2.45) is 0 Å². The molecule has 2 aromatic rings. The minimum absolute atomic E-state index is 0.444. The lowest BCUT2D eigenvalue weighted by atomic mass is 9.93. The van der Waals surface area contributed by atoms with Gasteiger partial charge in [-0.25, -0.2) is 0 Å². The van der Waals surface area contributed by atoms with Gasteiger partial charge in [0.2, 0.25) is 0 Å². The van der Waals surface area contributed by atoms with E-state index in [4.69, 9.17) is 0 Å². The molecule has 1 aliphatic carbocycles. The number of hydrogen-bond acceptors (Lipinski definition) is 1. The molecule has 0 fully saturated rings. The first kappa shape index (κ1) is 16.4. The minimum Gasteiger partial charge on any atom is -0.344 e. The Kier molecular flexibility index (Phi) is 4.41. The van der Waals surface area contributed by atoms with E-state index in [1.54, 1.807) is 6.07 Å². The van der Waals surface area contributed by atoms with Crippen molar-refractivity contribution in [3.05, 3.63) is 35.0 Å². The number of alkyl halides is 3. The molecule has 0 bridgehead atoms. The second-order valence-electron chi connectivity index (χ2n) is 6.64. The first-order valence-electron chi connectivity index (χ1n) is 8.24. The van der Waals surface area contributed by atoms with Crippen molar-refractivity contribution < 1.29 is 13.2 Å². The van der Waals surface area contributed by atoms with Gasteiger partial charge in [0.25, 0.3) is 0 Å². The molecule has 1 heterocycles. The maximum atomic E-state index is 13.4. The number of halogens is 3. The Bertz CT molecular complexity index is 698. The number of aryl methyl sites for hydroxylation is 2. The highest BCUT2D eigenvalue weighted by Crippen LogP contribution is 2.40. The molecule has 3 rings (SSSR count). The van der Waals surface area contributed by atoms with E-state index >= 15 is 0 Å². The smallest absolute Gasteiger partial charge is 0.344 e. The predicted molar refractivity (Wildman–Crippen MR) is 86.8 cm³/mol. The van der Waals surface area contributed by atoms with Crippen LogP contribution < -0.4 is 0 Å². The van der Waals surface area contributed by atoms with Crippen LogP contribution in [0.4, 0.5) is 13.2 Å². The minimum atomic E-state index is -4.29. The van der Waals surface area contributed by atoms with Crippen LogP contribution in [0.5, 0.6) is 0 Å². The van der Waals surface area contributed by atoms with Gasteiger partial charge in [-0.1, -0.05) is 6.07 Å². The van der Waals surface area contributed by atoms with E-state index in [0.717, 1.165) is 62.0 Å². The molecule has 0 saturated heterocycles. The highest BCUT2D eigenvalue weighted by molar-refractivity contribution is 5.89. The average molecular weight is 324 g/mol. The molecule has 23 heavy (non-hydrogen) atoms. The molecule has 0 N–H and O–H groups in total. The van der Waals surface area contributed by atoms with E-state index in [1.807, 2.05) is 20.2 Å². The third-order valence-corrected chi connectivity index (χ3v) is 4.69. The van der Waals surface area contributed by atoms with Crippen molar-refractivity contribution in [1.82, 2.24) is 9.47 Å². The summed E-state index contributed by atoms with van der Waals surface area (Å²) in [5.74, 6) is 0. The van der Waals surface area contributed by atoms with Crippen LogP contribution in [0.1, 0.15) is 36.1 Å². The van der Waals surface area contributed by atoms with E-state index in [1.165, 1.54) is 6.07 Å². The largest absolute Gasteiger partial charge is 0.417 e. The molecule has 1 aliphatic rings. The summed E-state index contributed by atoms with van der Waals surface area (Å²) < 4.78 is 42.5. The van der Waals surface area contributed by atoms with Crippen LogP contribution >= 0.6 is 0 Å². The average Bonchev–Trinajstić information content (AvgIpc) is 2.81. The standard InChI is InChI=1S/C18H23F3N2/c1-22(2)11-6-12-23-15-9-4-3-7-13(15)17-14(18(19,20)21)8-5-10-16(17)23/h5,8,10H,3-4,6-7,9,11-12H2,1-2H3. The fraction of sp³-hybridized carbons (Fsp3) is 0.556. The second kappa shape index (κ2) is 6.19. The molecule has 0 aliphatic heterocycles. The highest BCUT2D eigenvalue weighted by Gasteiger charge is 2.35. The molecule has 126 valence electrons. The lowest BCUT2D eigenvalue weighted by Crippen LogP contribution is -2.16. The van der Waals surface area contributed by atoms with Crippen LogP contribution in [0, 0.1) is 0 Å². The summed E-state index contributed by atoms with van der Waals surface area (Å²) in [7, 11) is 4.04. The van der Waals surface area contributed by atoms with Gasteiger partial charge in [0.05, 0.1) is 5.56 Å². The zero-order valence-corrected chi connectivity index (χ0v) is 13.7. The molecule has 0 atom stereocenters. The highest BCUT2D eigenvalue weighted by atomic mass is 19.4. The van der Waals surface area contributed by atoms with Crippen LogP contribution in [0.2, 0.25) is 0 Å². The monoisotopic (exact) mass is 324 g/mol. The van der Waals surface area contributed by atoms with E-state index in [-0.39, 0.29) is 0 Å². The van der Waals surface area contributed by atoms with Gasteiger partial charge >= 0.3 is 6.18 Å². The number of benzene rings is 1. The van der Waals surface area contributed by atoms with Gasteiger partial charge < -0.3 is 9.47 Å². The molecule has 1 aromatic heterocycles. The Hall–Kier alpha value is -1.49. The molecule has 0 radical (unpaired) electrons. The van der Waals surface area contributed by atoms with Gasteiger partial charge in [0.1, 0.15) is 0 Å². The van der Waals surface area contributed by atoms with Crippen LogP contribution in [-0.2, 0) is 25.6 Å². The molecule has 0 saturated carbocycles. The summed E-state index contributed by atoms with van der Waals surface area (Å²) in [6.07, 6.45) is 0.358. The van der Waals surface area contributed by atoms with Crippen LogP contribution in [0.25, 0.3) is 10.9 Å². The molecule has 0 spiro atoms. The molecule has 0 amide bonds. The quantitative estimate of drug-likeness (QED) is 0.804. The lowest BCUT2D eigenvalue weighted by molar-refractivity contribution is -0.136. The van der Waals surface area contributed by atoms with Crippen molar-refractivity contribution in [2.75, 3.05) is 20.6 Å². The molecule has 0 unspecified atom stereocenters. The van der Waals surface area contributed by atoms with Crippen molar-refractivity contribution in [3.8, 4) is 0 Å². The zero-order valence-electron chi connectivity index (χ0n) is 13.7. The van der Waals surface area contributed by atoms with Gasteiger partial charge in [0.15, 0.2) is 0 Å². The molecular formula is C18H23F3N2. The molecule has 1 aromatic carbocycles. The summed E-state index contributed by atoms with van der Waals surface area (Å²) >= 11 is 0. The summed E-state index contributed by atoms with van der Waals surface area (Å²) in [5, 5.41) is 0.444. The number of rotatable bonds is 4. The van der Waals surface area contributed by atoms with Gasteiger partial charge in [-0.15, -0.1) is 0 Å². The molecule has 5 heteroatoms. The van der Waals surface area contributed by atoms with Gasteiger partial charge in [-0.2, -0.15) is 13.2 Å². The summed E-state index contributed by atoms with van der Waals surface area (Å²) in [5.41, 5.74) is 2.34. The Morgan fingerprint density at radius 1 is 1.13 bits per heavy atom. The van der Waals surface area contributed by atoms with E-state index in [0.29, 0.717) is 5.39 Å². The van der Waals surface area contributed by atoms with E-state index in [9.17, 15) is 13.2 Å². The van der Waals surface area contributed by atoms with Gasteiger partial charge in [-0.3, -0.25) is 0 Å². The van der Waals surface area contributed by atoms with Crippen molar-refractivity contribution in [1.29, 1.82) is 0 Å². The Balaban J connectivity index is 2.12. The van der Waals surface area contributed by atoms with Gasteiger partial charge in [-0.05, 0) is 70.4 Å². The first-order chi connectivity index (χ1) is 10.9. The number of aromatic nitrogens is 1. The second-order valence-corrected chi connectivity index (χ2v) is 6.64. The SMILES string of the molecule is CN(C)CCCn1c2c(c3c(C(F)(F)F)cccc31)CCCC2. The van der Waals surface area contributed by atoms with Crippen molar-refractivity contribution >= 4 is 10.9 Å². The third-order valence-electron chi connectivity index (χ3n) is 4.69. The fourth-order valence-corrected chi connectivity index (χ4v) is 3.72. The Morgan fingerprint density at radius 3 is 2.57 bits per heavy atom. The fourth-order valence-electron chi connectivity index (χ4n) is 3.72. The van der Waals surface area contributed by atoms with E-state index < -0.39 is 11.7 Å². The zero-order chi connectivity index (χ0) is 16.6. The van der Waals surface area contributed by atoms with Crippen molar-refractivity contribution in [3.63, 3.8) is 0 Å². The normalized spacial score (nSPS) is 15.4. The summed E-state index contributed by atoms with van der Waals surface area (Å²) in [6.45, 7) is 1.72. The topological polar surface area (TPSA) is 8.17 Å². The number of fused-ring (bicyclic) bond motifs is 3. The maximum absolute atomic E-state index is 13.4. The predicted octanol–water partition coefficient (Wildman–Crippen LogP) is 4.49. The first-order valence-corrected chi connectivity index (χ1v) is 8.24. The van der Waals surface area contributed by atoms with Crippen LogP contribution in [0.3, 0.4) is 0 Å². The Labute approximate surface area is 134 Å². The van der Waals surface area contributed by atoms with Crippen LogP contribution in [0.15, 0.2) is 18.2 Å². The van der Waals surface area contributed by atoms with E-state index in [2.05, 4.69) is 9.47 Å². The third kappa shape index (κ3) is 3.11.